The van der Waals surface area contributed by atoms with Gasteiger partial charge in [0.05, 0.1) is 13.7 Å². The summed E-state index contributed by atoms with van der Waals surface area (Å²) >= 11 is 0. The molecule has 2 aromatic carbocycles. The highest BCUT2D eigenvalue weighted by atomic mass is 16.5. The lowest BCUT2D eigenvalue weighted by Gasteiger charge is -2.10. The Morgan fingerprint density at radius 3 is 2.41 bits per heavy atom. The maximum absolute atomic E-state index is 12.3. The Bertz CT molecular complexity index is 808. The number of carboxylic acids is 1. The van der Waals surface area contributed by atoms with Crippen LogP contribution in [0.1, 0.15) is 29.3 Å². The van der Waals surface area contributed by atoms with Gasteiger partial charge >= 0.3 is 5.97 Å². The van der Waals surface area contributed by atoms with Crippen molar-refractivity contribution in [3.63, 3.8) is 0 Å². The molecule has 0 aliphatic rings. The highest BCUT2D eigenvalue weighted by Crippen LogP contribution is 2.28. The van der Waals surface area contributed by atoms with E-state index in [1.54, 1.807) is 43.5 Å². The fraction of sp³-hybridized carbons (Fsp3) is 0.238. The molecule has 0 bridgehead atoms. The van der Waals surface area contributed by atoms with Crippen molar-refractivity contribution in [2.45, 2.75) is 13.3 Å². The third kappa shape index (κ3) is 6.18. The number of rotatable bonds is 10. The first-order chi connectivity index (χ1) is 13.0. The van der Waals surface area contributed by atoms with Crippen LogP contribution in [0.25, 0.3) is 6.08 Å². The second-order valence-electron chi connectivity index (χ2n) is 5.66. The van der Waals surface area contributed by atoms with Crippen molar-refractivity contribution in [1.29, 1.82) is 0 Å². The number of carboxylic acid groups (broad SMARTS) is 1. The van der Waals surface area contributed by atoms with E-state index in [0.717, 1.165) is 12.0 Å². The van der Waals surface area contributed by atoms with Gasteiger partial charge in [-0.3, -0.25) is 4.79 Å². The Morgan fingerprint density at radius 2 is 1.78 bits per heavy atom. The number of ether oxygens (including phenoxy) is 3. The first-order valence-corrected chi connectivity index (χ1v) is 8.51. The predicted octanol–water partition coefficient (Wildman–Crippen LogP) is 3.84. The van der Waals surface area contributed by atoms with Crippen molar-refractivity contribution >= 4 is 17.8 Å². The Hall–Kier alpha value is -3.28. The minimum atomic E-state index is -1.06. The third-order valence-corrected chi connectivity index (χ3v) is 3.58. The van der Waals surface area contributed by atoms with E-state index in [1.165, 1.54) is 6.08 Å². The summed E-state index contributed by atoms with van der Waals surface area (Å²) in [6.45, 7) is 2.21. The van der Waals surface area contributed by atoms with Crippen molar-refractivity contribution in [1.82, 2.24) is 0 Å². The van der Waals surface area contributed by atoms with Crippen molar-refractivity contribution in [3.05, 3.63) is 59.7 Å². The SMILES string of the molecule is CCCOc1ccc(/C=C/C(=O)c2ccc(OCC(=O)O)cc2)cc1OC. The molecule has 0 aromatic heterocycles. The fourth-order valence-electron chi connectivity index (χ4n) is 2.25. The summed E-state index contributed by atoms with van der Waals surface area (Å²) in [4.78, 5) is 22.8. The molecule has 0 radical (unpaired) electrons. The van der Waals surface area contributed by atoms with E-state index in [4.69, 9.17) is 19.3 Å². The number of hydrogen-bond donors (Lipinski definition) is 1. The molecule has 6 heteroatoms. The average molecular weight is 370 g/mol. The highest BCUT2D eigenvalue weighted by molar-refractivity contribution is 6.06. The van der Waals surface area contributed by atoms with Crippen LogP contribution in [0.3, 0.4) is 0 Å². The van der Waals surface area contributed by atoms with Gasteiger partial charge in [-0.15, -0.1) is 0 Å². The standard InChI is InChI=1S/C21H22O6/c1-3-12-26-19-11-5-15(13-20(19)25-2)4-10-18(22)16-6-8-17(9-7-16)27-14-21(23)24/h4-11,13H,3,12,14H2,1-2H3,(H,23,24)/b10-4+. The minimum Gasteiger partial charge on any atom is -0.493 e. The molecule has 0 atom stereocenters. The van der Waals surface area contributed by atoms with E-state index >= 15 is 0 Å². The van der Waals surface area contributed by atoms with Gasteiger partial charge in [0.1, 0.15) is 5.75 Å². The number of aliphatic carboxylic acids is 1. The monoisotopic (exact) mass is 370 g/mol. The number of methoxy groups -OCH3 is 1. The molecule has 27 heavy (non-hydrogen) atoms. The maximum atomic E-state index is 12.3. The molecule has 0 spiro atoms. The molecule has 0 saturated carbocycles. The Balaban J connectivity index is 2.04. The van der Waals surface area contributed by atoms with E-state index in [2.05, 4.69) is 0 Å². The van der Waals surface area contributed by atoms with Crippen LogP contribution in [0.15, 0.2) is 48.5 Å². The van der Waals surface area contributed by atoms with E-state index in [1.807, 2.05) is 19.1 Å². The quantitative estimate of drug-likeness (QED) is 0.505. The molecule has 0 amide bonds. The molecule has 0 fully saturated rings. The van der Waals surface area contributed by atoms with Gasteiger partial charge in [-0.2, -0.15) is 0 Å². The zero-order valence-electron chi connectivity index (χ0n) is 15.3. The predicted molar refractivity (Wildman–Crippen MR) is 102 cm³/mol. The number of carbonyl (C=O) groups excluding carboxylic acids is 1. The van der Waals surface area contributed by atoms with E-state index in [0.29, 0.717) is 29.4 Å². The second kappa shape index (κ2) is 10.0. The average Bonchev–Trinajstić information content (AvgIpc) is 2.69. The normalized spacial score (nSPS) is 10.6. The topological polar surface area (TPSA) is 82.1 Å². The zero-order chi connectivity index (χ0) is 19.6. The number of benzene rings is 2. The molecule has 6 nitrogen and oxygen atoms in total. The summed E-state index contributed by atoms with van der Waals surface area (Å²) in [5.74, 6) is 0.438. The lowest BCUT2D eigenvalue weighted by atomic mass is 10.1. The van der Waals surface area contributed by atoms with Crippen LogP contribution in [-0.2, 0) is 4.79 Å². The molecule has 0 saturated heterocycles. The van der Waals surface area contributed by atoms with Gasteiger partial charge in [-0.1, -0.05) is 19.1 Å². The smallest absolute Gasteiger partial charge is 0.341 e. The third-order valence-electron chi connectivity index (χ3n) is 3.58. The number of allylic oxidation sites excluding steroid dienone is 1. The highest BCUT2D eigenvalue weighted by Gasteiger charge is 2.06. The molecule has 1 N–H and O–H groups in total. The maximum Gasteiger partial charge on any atom is 0.341 e. The first-order valence-electron chi connectivity index (χ1n) is 8.51. The van der Waals surface area contributed by atoms with Gasteiger partial charge in [0.2, 0.25) is 0 Å². The summed E-state index contributed by atoms with van der Waals surface area (Å²) < 4.78 is 16.0. The van der Waals surface area contributed by atoms with Crippen LogP contribution in [-0.4, -0.2) is 37.2 Å². The van der Waals surface area contributed by atoms with Crippen molar-refractivity contribution < 1.29 is 28.9 Å². The Morgan fingerprint density at radius 1 is 1.04 bits per heavy atom. The van der Waals surface area contributed by atoms with Crippen LogP contribution in [0.4, 0.5) is 0 Å². The largest absolute Gasteiger partial charge is 0.493 e. The lowest BCUT2D eigenvalue weighted by Crippen LogP contribution is -2.09. The van der Waals surface area contributed by atoms with E-state index < -0.39 is 12.6 Å². The number of hydrogen-bond acceptors (Lipinski definition) is 5. The van der Waals surface area contributed by atoms with E-state index in [9.17, 15) is 9.59 Å². The summed E-state index contributed by atoms with van der Waals surface area (Å²) in [7, 11) is 1.57. The van der Waals surface area contributed by atoms with E-state index in [-0.39, 0.29) is 5.78 Å². The van der Waals surface area contributed by atoms with Crippen LogP contribution in [0.2, 0.25) is 0 Å². The lowest BCUT2D eigenvalue weighted by molar-refractivity contribution is -0.139. The molecular weight excluding hydrogens is 348 g/mol. The van der Waals surface area contributed by atoms with Crippen LogP contribution in [0, 0.1) is 0 Å². The van der Waals surface area contributed by atoms with Crippen LogP contribution >= 0.6 is 0 Å². The molecule has 2 rings (SSSR count). The first kappa shape index (κ1) is 20.0. The second-order valence-corrected chi connectivity index (χ2v) is 5.66. The minimum absolute atomic E-state index is 0.176. The molecule has 0 unspecified atom stereocenters. The summed E-state index contributed by atoms with van der Waals surface area (Å²) in [5, 5.41) is 8.59. The van der Waals surface area contributed by atoms with Gasteiger partial charge in [0, 0.05) is 5.56 Å². The molecular formula is C21H22O6. The van der Waals surface area contributed by atoms with Gasteiger partial charge in [0.15, 0.2) is 23.9 Å². The van der Waals surface area contributed by atoms with Gasteiger partial charge in [-0.25, -0.2) is 4.79 Å². The Labute approximate surface area is 158 Å². The van der Waals surface area contributed by atoms with Gasteiger partial charge in [0.25, 0.3) is 0 Å². The fourth-order valence-corrected chi connectivity index (χ4v) is 2.25. The Kier molecular flexibility index (Phi) is 7.43. The van der Waals surface area contributed by atoms with Crippen LogP contribution < -0.4 is 14.2 Å². The summed E-state index contributed by atoms with van der Waals surface area (Å²) in [6, 6.07) is 11.8. The zero-order valence-corrected chi connectivity index (χ0v) is 15.3. The van der Waals surface area contributed by atoms with Crippen LogP contribution in [0.5, 0.6) is 17.2 Å². The van der Waals surface area contributed by atoms with Gasteiger partial charge in [-0.05, 0) is 54.5 Å². The number of ketones is 1. The molecule has 0 aliphatic carbocycles. The molecule has 0 aliphatic heterocycles. The summed E-state index contributed by atoms with van der Waals surface area (Å²) in [6.07, 6.45) is 4.07. The number of carbonyl (C=O) groups is 2. The van der Waals surface area contributed by atoms with Gasteiger partial charge < -0.3 is 19.3 Å². The molecule has 0 heterocycles. The molecule has 142 valence electrons. The molecule has 2 aromatic rings. The van der Waals surface area contributed by atoms with Crippen molar-refractivity contribution in [3.8, 4) is 17.2 Å². The van der Waals surface area contributed by atoms with Crippen molar-refractivity contribution in [2.24, 2.45) is 0 Å². The van der Waals surface area contributed by atoms with Crippen molar-refractivity contribution in [2.75, 3.05) is 20.3 Å². The summed E-state index contributed by atoms with van der Waals surface area (Å²) in [5.41, 5.74) is 1.29.